The molecule has 0 radical (unpaired) electrons. The van der Waals surface area contributed by atoms with Gasteiger partial charge in [0.2, 0.25) is 0 Å². The van der Waals surface area contributed by atoms with E-state index in [2.05, 4.69) is 29.1 Å². The molecule has 1 aromatic heterocycles. The fraction of sp³-hybridized carbons (Fsp3) is 0.600. The minimum atomic E-state index is 0.632. The molecule has 0 saturated carbocycles. The molecular weight excluding hydrogens is 166 g/mol. The predicted octanol–water partition coefficient (Wildman–Crippen LogP) is 2.81. The van der Waals surface area contributed by atoms with Crippen LogP contribution in [-0.4, -0.2) is 6.54 Å². The highest BCUT2D eigenvalue weighted by molar-refractivity contribution is 7.07. The van der Waals surface area contributed by atoms with Crippen molar-refractivity contribution in [3.8, 4) is 0 Å². The van der Waals surface area contributed by atoms with Crippen molar-refractivity contribution in [1.29, 1.82) is 0 Å². The number of hydrogen-bond acceptors (Lipinski definition) is 2. The van der Waals surface area contributed by atoms with Gasteiger partial charge < -0.3 is 5.32 Å². The Labute approximate surface area is 77.8 Å². The number of nitrogens with one attached hydrogen (secondary N) is 1. The second-order valence-corrected chi connectivity index (χ2v) is 4.48. The Bertz CT molecular complexity index is 222. The first-order valence-electron chi connectivity index (χ1n) is 4.62. The molecule has 0 spiro atoms. The number of thiophene rings is 1. The van der Waals surface area contributed by atoms with Gasteiger partial charge in [0.25, 0.3) is 0 Å². The average molecular weight is 181 g/mol. The van der Waals surface area contributed by atoms with Crippen molar-refractivity contribution >= 4 is 11.3 Å². The van der Waals surface area contributed by atoms with Crippen LogP contribution in [0.15, 0.2) is 16.8 Å². The molecule has 1 fully saturated rings. The molecule has 0 bridgehead atoms. The smallest absolute Gasteiger partial charge is 0.0328 e. The van der Waals surface area contributed by atoms with Crippen LogP contribution in [0.4, 0.5) is 0 Å². The lowest BCUT2D eigenvalue weighted by Gasteiger charge is -2.27. The van der Waals surface area contributed by atoms with Crippen LogP contribution >= 0.6 is 11.3 Å². The predicted molar refractivity (Wildman–Crippen MR) is 53.5 cm³/mol. The summed E-state index contributed by atoms with van der Waals surface area (Å²) in [6, 6.07) is 2.87. The van der Waals surface area contributed by atoms with Gasteiger partial charge in [-0.3, -0.25) is 0 Å². The maximum absolute atomic E-state index is 3.58. The molecule has 66 valence electrons. The lowest BCUT2D eigenvalue weighted by molar-refractivity contribution is 0.333. The first kappa shape index (κ1) is 8.27. The lowest BCUT2D eigenvalue weighted by atomic mass is 9.93. The Morgan fingerprint density at radius 1 is 1.50 bits per heavy atom. The molecule has 1 aliphatic rings. The molecule has 2 rings (SSSR count). The molecule has 0 aliphatic carbocycles. The van der Waals surface area contributed by atoms with Crippen LogP contribution in [0.5, 0.6) is 0 Å². The molecule has 1 unspecified atom stereocenters. The van der Waals surface area contributed by atoms with E-state index in [-0.39, 0.29) is 0 Å². The number of hydrogen-bond donors (Lipinski definition) is 1. The van der Waals surface area contributed by atoms with Gasteiger partial charge in [0, 0.05) is 6.04 Å². The summed E-state index contributed by atoms with van der Waals surface area (Å²) in [4.78, 5) is 0. The first-order valence-corrected chi connectivity index (χ1v) is 5.56. The van der Waals surface area contributed by atoms with Gasteiger partial charge in [-0.25, -0.2) is 0 Å². The van der Waals surface area contributed by atoms with Crippen molar-refractivity contribution in [2.45, 2.75) is 25.8 Å². The molecule has 2 heteroatoms. The van der Waals surface area contributed by atoms with E-state index < -0.39 is 0 Å². The van der Waals surface area contributed by atoms with Crippen molar-refractivity contribution in [2.24, 2.45) is 5.92 Å². The van der Waals surface area contributed by atoms with Crippen LogP contribution in [0.25, 0.3) is 0 Å². The fourth-order valence-corrected chi connectivity index (χ4v) is 2.47. The third kappa shape index (κ3) is 1.70. The van der Waals surface area contributed by atoms with Gasteiger partial charge in [0.1, 0.15) is 0 Å². The van der Waals surface area contributed by atoms with Gasteiger partial charge in [-0.15, -0.1) is 0 Å². The van der Waals surface area contributed by atoms with E-state index in [4.69, 9.17) is 0 Å². The van der Waals surface area contributed by atoms with E-state index in [9.17, 15) is 0 Å². The van der Waals surface area contributed by atoms with Crippen LogP contribution in [0.2, 0.25) is 0 Å². The van der Waals surface area contributed by atoms with E-state index in [1.54, 1.807) is 11.3 Å². The highest BCUT2D eigenvalue weighted by Gasteiger charge is 2.18. The maximum atomic E-state index is 3.58. The largest absolute Gasteiger partial charge is 0.310 e. The number of rotatable bonds is 1. The third-order valence-electron chi connectivity index (χ3n) is 2.61. The second-order valence-electron chi connectivity index (χ2n) is 3.70. The molecular formula is C10H15NS. The Hall–Kier alpha value is -0.340. The summed E-state index contributed by atoms with van der Waals surface area (Å²) in [5.74, 6) is 0.861. The van der Waals surface area contributed by atoms with Gasteiger partial charge in [-0.2, -0.15) is 11.3 Å². The zero-order valence-corrected chi connectivity index (χ0v) is 8.23. The Kier molecular flexibility index (Phi) is 2.47. The minimum absolute atomic E-state index is 0.632. The summed E-state index contributed by atoms with van der Waals surface area (Å²) in [5.41, 5.74) is 1.48. The van der Waals surface area contributed by atoms with E-state index >= 15 is 0 Å². The summed E-state index contributed by atoms with van der Waals surface area (Å²) in [5, 5.41) is 8.00. The topological polar surface area (TPSA) is 12.0 Å². The quantitative estimate of drug-likeness (QED) is 0.702. The van der Waals surface area contributed by atoms with Crippen LogP contribution in [-0.2, 0) is 0 Å². The van der Waals surface area contributed by atoms with Crippen molar-refractivity contribution in [3.05, 3.63) is 22.4 Å². The standard InChI is InChI=1S/C10H15NS/c1-8-2-3-10(11-6-8)9-4-5-12-7-9/h4-5,7-8,10-11H,2-3,6H2,1H3/t8-,10?/m0/s1. The molecule has 0 amide bonds. The summed E-state index contributed by atoms with van der Waals surface area (Å²) in [6.45, 7) is 3.50. The van der Waals surface area contributed by atoms with E-state index in [0.29, 0.717) is 6.04 Å². The zero-order chi connectivity index (χ0) is 8.39. The summed E-state index contributed by atoms with van der Waals surface area (Å²) in [7, 11) is 0. The van der Waals surface area contributed by atoms with Gasteiger partial charge >= 0.3 is 0 Å². The summed E-state index contributed by atoms with van der Waals surface area (Å²) in [6.07, 6.45) is 2.67. The molecule has 1 aromatic rings. The zero-order valence-electron chi connectivity index (χ0n) is 7.42. The average Bonchev–Trinajstić information content (AvgIpc) is 2.58. The Morgan fingerprint density at radius 2 is 2.42 bits per heavy atom. The molecule has 2 heterocycles. The molecule has 1 nitrogen and oxygen atoms in total. The molecule has 0 aromatic carbocycles. The second kappa shape index (κ2) is 3.58. The Balaban J connectivity index is 1.99. The SMILES string of the molecule is C[C@H]1CCC(c2ccsc2)NC1. The van der Waals surface area contributed by atoms with Crippen molar-refractivity contribution < 1.29 is 0 Å². The van der Waals surface area contributed by atoms with Crippen LogP contribution in [0, 0.1) is 5.92 Å². The van der Waals surface area contributed by atoms with E-state index in [1.807, 2.05) is 0 Å². The van der Waals surface area contributed by atoms with Crippen LogP contribution < -0.4 is 5.32 Å². The van der Waals surface area contributed by atoms with Crippen molar-refractivity contribution in [2.75, 3.05) is 6.54 Å². The van der Waals surface area contributed by atoms with Gasteiger partial charge in [-0.05, 0) is 47.7 Å². The highest BCUT2D eigenvalue weighted by Crippen LogP contribution is 2.26. The summed E-state index contributed by atoms with van der Waals surface area (Å²) >= 11 is 1.79. The molecule has 1 aliphatic heterocycles. The molecule has 12 heavy (non-hydrogen) atoms. The maximum Gasteiger partial charge on any atom is 0.0328 e. The van der Waals surface area contributed by atoms with E-state index in [0.717, 1.165) is 5.92 Å². The third-order valence-corrected chi connectivity index (χ3v) is 3.31. The van der Waals surface area contributed by atoms with Crippen molar-refractivity contribution in [3.63, 3.8) is 0 Å². The fourth-order valence-electron chi connectivity index (χ4n) is 1.76. The van der Waals surface area contributed by atoms with Gasteiger partial charge in [-0.1, -0.05) is 6.92 Å². The minimum Gasteiger partial charge on any atom is -0.310 e. The van der Waals surface area contributed by atoms with Crippen molar-refractivity contribution in [1.82, 2.24) is 5.32 Å². The lowest BCUT2D eigenvalue weighted by Crippen LogP contribution is -2.31. The van der Waals surface area contributed by atoms with Gasteiger partial charge in [0.15, 0.2) is 0 Å². The first-order chi connectivity index (χ1) is 5.86. The monoisotopic (exact) mass is 181 g/mol. The van der Waals surface area contributed by atoms with Crippen LogP contribution in [0.1, 0.15) is 31.4 Å². The Morgan fingerprint density at radius 3 is 3.00 bits per heavy atom. The van der Waals surface area contributed by atoms with Crippen LogP contribution in [0.3, 0.4) is 0 Å². The number of piperidine rings is 1. The molecule has 1 saturated heterocycles. The molecule has 2 atom stereocenters. The van der Waals surface area contributed by atoms with Gasteiger partial charge in [0.05, 0.1) is 0 Å². The molecule has 1 N–H and O–H groups in total. The normalized spacial score (nSPS) is 30.4. The van der Waals surface area contributed by atoms with E-state index in [1.165, 1.54) is 24.9 Å². The summed E-state index contributed by atoms with van der Waals surface area (Å²) < 4.78 is 0. The highest BCUT2D eigenvalue weighted by atomic mass is 32.1.